The number of piperidine rings is 3. The average molecular weight is 287 g/mol. The number of nitrogen functional groups attached to an aromatic ring is 1. The van der Waals surface area contributed by atoms with Gasteiger partial charge in [0.1, 0.15) is 5.82 Å². The summed E-state index contributed by atoms with van der Waals surface area (Å²) in [5.41, 5.74) is 5.77. The number of rotatable bonds is 1. The van der Waals surface area contributed by atoms with E-state index in [1.807, 2.05) is 0 Å². The minimum Gasteiger partial charge on any atom is -0.384 e. The van der Waals surface area contributed by atoms with Crippen LogP contribution in [0.5, 0.6) is 0 Å². The number of carbonyl (C=O) groups excluding carboxylic acids is 1. The SMILES string of the molecule is Nc1ccnc(N2C[C@H]3C[C@H](C2)[C@@H]2CCCC(=O)N2C3)n1. The first-order chi connectivity index (χ1) is 10.2. The standard InChI is InChI=1S/C15H21N5O/c16-13-4-5-17-15(18-13)19-7-10-6-11(9-19)12-2-1-3-14(21)20(12)8-10/h4-5,10-12H,1-3,6-9H2,(H2,16,17,18)/t10-,11-,12+/m1/s1. The summed E-state index contributed by atoms with van der Waals surface area (Å²) in [5.74, 6) is 2.69. The van der Waals surface area contributed by atoms with Gasteiger partial charge in [0.2, 0.25) is 11.9 Å². The lowest BCUT2D eigenvalue weighted by molar-refractivity contribution is -0.142. The van der Waals surface area contributed by atoms with Gasteiger partial charge in [-0.2, -0.15) is 4.98 Å². The molecule has 1 amide bonds. The Kier molecular flexibility index (Phi) is 2.97. The zero-order chi connectivity index (χ0) is 14.4. The number of nitrogens with two attached hydrogens (primary N) is 1. The second-order valence-electron chi connectivity index (χ2n) is 6.55. The normalized spacial score (nSPS) is 32.0. The Bertz CT molecular complexity index is 563. The van der Waals surface area contributed by atoms with Crippen molar-refractivity contribution in [2.75, 3.05) is 30.3 Å². The third-order valence-electron chi connectivity index (χ3n) is 5.13. The summed E-state index contributed by atoms with van der Waals surface area (Å²) >= 11 is 0. The molecule has 6 nitrogen and oxygen atoms in total. The fraction of sp³-hybridized carbons (Fsp3) is 0.667. The van der Waals surface area contributed by atoms with Crippen molar-refractivity contribution >= 4 is 17.7 Å². The average Bonchev–Trinajstić information content (AvgIpc) is 2.48. The smallest absolute Gasteiger partial charge is 0.227 e. The van der Waals surface area contributed by atoms with E-state index in [2.05, 4.69) is 19.8 Å². The molecule has 0 radical (unpaired) electrons. The molecule has 0 unspecified atom stereocenters. The van der Waals surface area contributed by atoms with Crippen molar-refractivity contribution < 1.29 is 4.79 Å². The highest BCUT2D eigenvalue weighted by Crippen LogP contribution is 2.38. The van der Waals surface area contributed by atoms with Crippen molar-refractivity contribution in [3.8, 4) is 0 Å². The van der Waals surface area contributed by atoms with E-state index in [4.69, 9.17) is 5.73 Å². The Morgan fingerprint density at radius 2 is 2.19 bits per heavy atom. The van der Waals surface area contributed by atoms with Crippen molar-refractivity contribution in [2.45, 2.75) is 31.7 Å². The van der Waals surface area contributed by atoms with Crippen molar-refractivity contribution in [1.82, 2.24) is 14.9 Å². The lowest BCUT2D eigenvalue weighted by Crippen LogP contribution is -2.60. The Labute approximate surface area is 124 Å². The van der Waals surface area contributed by atoms with Gasteiger partial charge in [0, 0.05) is 38.3 Å². The Hall–Kier alpha value is -1.85. The summed E-state index contributed by atoms with van der Waals surface area (Å²) in [6.45, 7) is 2.77. The van der Waals surface area contributed by atoms with Crippen molar-refractivity contribution in [3.63, 3.8) is 0 Å². The van der Waals surface area contributed by atoms with E-state index in [0.29, 0.717) is 29.6 Å². The van der Waals surface area contributed by atoms with Crippen LogP contribution in [0.25, 0.3) is 0 Å². The highest BCUT2D eigenvalue weighted by molar-refractivity contribution is 5.77. The molecule has 2 bridgehead atoms. The highest BCUT2D eigenvalue weighted by Gasteiger charge is 2.44. The summed E-state index contributed by atoms with van der Waals surface area (Å²) in [7, 11) is 0. The summed E-state index contributed by atoms with van der Waals surface area (Å²) < 4.78 is 0. The summed E-state index contributed by atoms with van der Waals surface area (Å²) in [4.78, 5) is 25.3. The molecule has 3 fully saturated rings. The molecule has 3 atom stereocenters. The number of hydrogen-bond acceptors (Lipinski definition) is 5. The molecular formula is C15H21N5O. The fourth-order valence-corrected chi connectivity index (χ4v) is 4.29. The van der Waals surface area contributed by atoms with Crippen molar-refractivity contribution in [3.05, 3.63) is 12.3 Å². The third kappa shape index (κ3) is 2.22. The molecule has 6 heteroatoms. The lowest BCUT2D eigenvalue weighted by Gasteiger charge is -2.52. The predicted octanol–water partition coefficient (Wildman–Crippen LogP) is 0.896. The summed E-state index contributed by atoms with van der Waals surface area (Å²) in [5, 5.41) is 0. The first-order valence-corrected chi connectivity index (χ1v) is 7.83. The van der Waals surface area contributed by atoms with E-state index < -0.39 is 0 Å². The molecule has 0 aromatic carbocycles. The van der Waals surface area contributed by atoms with Gasteiger partial charge in [-0.3, -0.25) is 4.79 Å². The lowest BCUT2D eigenvalue weighted by atomic mass is 9.76. The molecule has 3 aliphatic heterocycles. The fourth-order valence-electron chi connectivity index (χ4n) is 4.29. The molecule has 3 aliphatic rings. The van der Waals surface area contributed by atoms with Crippen molar-refractivity contribution in [1.29, 1.82) is 0 Å². The first-order valence-electron chi connectivity index (χ1n) is 7.83. The number of anilines is 2. The number of fused-ring (bicyclic) bond motifs is 4. The van der Waals surface area contributed by atoms with Crippen LogP contribution in [0, 0.1) is 11.8 Å². The van der Waals surface area contributed by atoms with Crippen LogP contribution in [0.1, 0.15) is 25.7 Å². The van der Waals surface area contributed by atoms with Crippen LogP contribution < -0.4 is 10.6 Å². The van der Waals surface area contributed by atoms with E-state index in [0.717, 1.165) is 44.8 Å². The van der Waals surface area contributed by atoms with Crippen LogP contribution in [0.4, 0.5) is 11.8 Å². The highest BCUT2D eigenvalue weighted by atomic mass is 16.2. The number of aromatic nitrogens is 2. The monoisotopic (exact) mass is 287 g/mol. The van der Waals surface area contributed by atoms with Gasteiger partial charge in [0.15, 0.2) is 0 Å². The Morgan fingerprint density at radius 1 is 1.29 bits per heavy atom. The van der Waals surface area contributed by atoms with Crippen LogP contribution in [0.3, 0.4) is 0 Å². The van der Waals surface area contributed by atoms with E-state index in [1.165, 1.54) is 6.42 Å². The van der Waals surface area contributed by atoms with Crippen molar-refractivity contribution in [2.24, 2.45) is 11.8 Å². The third-order valence-corrected chi connectivity index (χ3v) is 5.13. The molecule has 2 N–H and O–H groups in total. The zero-order valence-electron chi connectivity index (χ0n) is 12.1. The maximum Gasteiger partial charge on any atom is 0.227 e. The van der Waals surface area contributed by atoms with Crippen LogP contribution >= 0.6 is 0 Å². The maximum atomic E-state index is 12.1. The second kappa shape index (κ2) is 4.86. The topological polar surface area (TPSA) is 75.3 Å². The van der Waals surface area contributed by atoms with E-state index in [-0.39, 0.29) is 0 Å². The van der Waals surface area contributed by atoms with Gasteiger partial charge in [0.05, 0.1) is 0 Å². The molecule has 4 rings (SSSR count). The quantitative estimate of drug-likeness (QED) is 0.830. The number of nitrogens with zero attached hydrogens (tertiary/aromatic N) is 4. The predicted molar refractivity (Wildman–Crippen MR) is 79.6 cm³/mol. The largest absolute Gasteiger partial charge is 0.384 e. The molecule has 1 aromatic rings. The van der Waals surface area contributed by atoms with Gasteiger partial charge in [-0.05, 0) is 37.2 Å². The van der Waals surface area contributed by atoms with Crippen LogP contribution in [-0.4, -0.2) is 46.5 Å². The minimum atomic E-state index is 0.356. The first kappa shape index (κ1) is 12.9. The molecule has 0 aliphatic carbocycles. The van der Waals surface area contributed by atoms with Crippen LogP contribution in [0.2, 0.25) is 0 Å². The molecule has 0 spiro atoms. The molecule has 0 saturated carbocycles. The molecule has 1 aromatic heterocycles. The van der Waals surface area contributed by atoms with Gasteiger partial charge < -0.3 is 15.5 Å². The Morgan fingerprint density at radius 3 is 3.05 bits per heavy atom. The van der Waals surface area contributed by atoms with Gasteiger partial charge in [-0.15, -0.1) is 0 Å². The van der Waals surface area contributed by atoms with Gasteiger partial charge >= 0.3 is 0 Å². The minimum absolute atomic E-state index is 0.356. The number of carbonyl (C=O) groups is 1. The van der Waals surface area contributed by atoms with Crippen LogP contribution in [-0.2, 0) is 4.79 Å². The summed E-state index contributed by atoms with van der Waals surface area (Å²) in [6.07, 6.45) is 5.87. The molecule has 112 valence electrons. The van der Waals surface area contributed by atoms with Gasteiger partial charge in [-0.25, -0.2) is 4.98 Å². The van der Waals surface area contributed by atoms with E-state index in [1.54, 1.807) is 12.3 Å². The number of amides is 1. The molecule has 3 saturated heterocycles. The molecule has 21 heavy (non-hydrogen) atoms. The van der Waals surface area contributed by atoms with Gasteiger partial charge in [-0.1, -0.05) is 0 Å². The number of hydrogen-bond donors (Lipinski definition) is 1. The maximum absolute atomic E-state index is 12.1. The van der Waals surface area contributed by atoms with Crippen LogP contribution in [0.15, 0.2) is 12.3 Å². The molecular weight excluding hydrogens is 266 g/mol. The van der Waals surface area contributed by atoms with Gasteiger partial charge in [0.25, 0.3) is 0 Å². The summed E-state index contributed by atoms with van der Waals surface area (Å²) in [6, 6.07) is 2.14. The van der Waals surface area contributed by atoms with E-state index >= 15 is 0 Å². The second-order valence-corrected chi connectivity index (χ2v) is 6.55. The Balaban J connectivity index is 1.57. The van der Waals surface area contributed by atoms with E-state index in [9.17, 15) is 4.79 Å². The zero-order valence-corrected chi connectivity index (χ0v) is 12.1. The molecule has 4 heterocycles.